The van der Waals surface area contributed by atoms with Gasteiger partial charge in [-0.1, -0.05) is 0 Å². The van der Waals surface area contributed by atoms with E-state index in [1.54, 1.807) is 0 Å². The second kappa shape index (κ2) is 17.9. The zero-order valence-corrected chi connectivity index (χ0v) is 40.5. The van der Waals surface area contributed by atoms with Crippen molar-refractivity contribution >= 4 is 79.5 Å². The summed E-state index contributed by atoms with van der Waals surface area (Å²) in [5.74, 6) is -1.20. The standard InChI is InChI=1S/C28H68O10Si8/c1-39(2,3)33-45(34-40(4,5)6,35-41(7,8)9)25-19-23-31-27(29)21-22-28(30)32-24-20-26-46(36-42(10,11)12,37-43(13,14)15)38-44(16,17)18/h21-22H,19-20,23-26H2,1-18H3/b22-21+. The van der Waals surface area contributed by atoms with Crippen molar-refractivity contribution in [2.45, 2.75) is 143 Å². The van der Waals surface area contributed by atoms with Gasteiger partial charge in [0.05, 0.1) is 13.2 Å². The van der Waals surface area contributed by atoms with E-state index in [0.29, 0.717) is 24.9 Å². The third-order valence-corrected chi connectivity index (χ3v) is 29.0. The van der Waals surface area contributed by atoms with Gasteiger partial charge in [-0.05, 0) is 131 Å². The van der Waals surface area contributed by atoms with E-state index in [-0.39, 0.29) is 13.2 Å². The summed E-state index contributed by atoms with van der Waals surface area (Å²) >= 11 is 0. The molecule has 0 saturated heterocycles. The van der Waals surface area contributed by atoms with Crippen molar-refractivity contribution in [1.82, 2.24) is 0 Å². The van der Waals surface area contributed by atoms with Crippen molar-refractivity contribution in [2.24, 2.45) is 0 Å². The number of hydrogen-bond acceptors (Lipinski definition) is 10. The van der Waals surface area contributed by atoms with Gasteiger partial charge in [0.1, 0.15) is 0 Å². The highest BCUT2D eigenvalue weighted by Gasteiger charge is 2.50. The Morgan fingerprint density at radius 3 is 0.761 bits per heavy atom. The topological polar surface area (TPSA) is 108 Å². The Morgan fingerprint density at radius 1 is 0.391 bits per heavy atom. The van der Waals surface area contributed by atoms with Crippen LogP contribution in [0, 0.1) is 0 Å². The molecule has 0 aromatic carbocycles. The number of ether oxygens (including phenoxy) is 2. The maximum Gasteiger partial charge on any atom is 0.469 e. The molecule has 0 bridgehead atoms. The quantitative estimate of drug-likeness (QED) is 0.0460. The molecule has 0 aliphatic carbocycles. The number of hydrogen-bond donors (Lipinski definition) is 0. The summed E-state index contributed by atoms with van der Waals surface area (Å²) in [5, 5.41) is 0. The van der Waals surface area contributed by atoms with Gasteiger partial charge in [-0.15, -0.1) is 0 Å². The van der Waals surface area contributed by atoms with Crippen LogP contribution in [0.25, 0.3) is 0 Å². The highest BCUT2D eigenvalue weighted by Crippen LogP contribution is 2.31. The Hall–Kier alpha value is 0.175. The van der Waals surface area contributed by atoms with E-state index in [1.807, 2.05) is 0 Å². The van der Waals surface area contributed by atoms with E-state index in [0.717, 1.165) is 12.2 Å². The predicted molar refractivity (Wildman–Crippen MR) is 208 cm³/mol. The van der Waals surface area contributed by atoms with Crippen molar-refractivity contribution < 1.29 is 43.8 Å². The van der Waals surface area contributed by atoms with Crippen LogP contribution in [0.15, 0.2) is 12.2 Å². The first-order valence-corrected chi connectivity index (χ1v) is 40.8. The summed E-state index contributed by atoms with van der Waals surface area (Å²) in [7, 11) is -17.9. The third-order valence-electron chi connectivity index (χ3n) is 4.87. The van der Waals surface area contributed by atoms with Crippen molar-refractivity contribution in [3.05, 3.63) is 12.2 Å². The molecule has 0 rings (SSSR count). The molecule has 0 amide bonds. The fourth-order valence-corrected chi connectivity index (χ4v) is 33.6. The van der Waals surface area contributed by atoms with E-state index in [4.69, 9.17) is 34.2 Å². The second-order valence-corrected chi connectivity index (χ2v) is 51.5. The third kappa shape index (κ3) is 25.2. The molecule has 0 spiro atoms. The van der Waals surface area contributed by atoms with Crippen LogP contribution in [-0.4, -0.2) is 92.7 Å². The van der Waals surface area contributed by atoms with Gasteiger partial charge in [0.15, 0.2) is 49.9 Å². The van der Waals surface area contributed by atoms with Crippen molar-refractivity contribution in [3.8, 4) is 0 Å². The lowest BCUT2D eigenvalue weighted by Gasteiger charge is -2.43. The Bertz CT molecular complexity index is 826. The van der Waals surface area contributed by atoms with Crippen LogP contribution in [0.1, 0.15) is 12.8 Å². The minimum absolute atomic E-state index is 0.171. The molecule has 0 fully saturated rings. The van der Waals surface area contributed by atoms with Crippen LogP contribution in [0.3, 0.4) is 0 Å². The molecule has 0 atom stereocenters. The summed E-state index contributed by atoms with van der Waals surface area (Å²) in [5.41, 5.74) is 0. The SMILES string of the molecule is C[Si](C)(C)O[Si](CCCOC(=O)/C=C/C(=O)OCCC[Si](O[Si](C)(C)C)(O[Si](C)(C)C)O[Si](C)(C)C)(O[Si](C)(C)C)O[Si](C)(C)C. The summed E-state index contributed by atoms with van der Waals surface area (Å²) in [6.45, 7) is 38.9. The highest BCUT2D eigenvalue weighted by molar-refractivity contribution is 6.91. The van der Waals surface area contributed by atoms with Gasteiger partial charge >= 0.3 is 29.5 Å². The number of carbonyl (C=O) groups excluding carboxylic acids is 2. The van der Waals surface area contributed by atoms with Gasteiger partial charge in [-0.2, -0.15) is 0 Å². The molecule has 46 heavy (non-hydrogen) atoms. The van der Waals surface area contributed by atoms with Crippen molar-refractivity contribution in [2.75, 3.05) is 13.2 Å². The van der Waals surface area contributed by atoms with E-state index in [9.17, 15) is 9.59 Å². The summed E-state index contributed by atoms with van der Waals surface area (Å²) in [6.07, 6.45) is 3.30. The van der Waals surface area contributed by atoms with Crippen LogP contribution >= 0.6 is 0 Å². The molecule has 0 aliphatic rings. The zero-order valence-electron chi connectivity index (χ0n) is 32.5. The predicted octanol–water partition coefficient (Wildman–Crippen LogP) is 8.40. The minimum atomic E-state index is -3.00. The van der Waals surface area contributed by atoms with E-state index < -0.39 is 79.5 Å². The summed E-state index contributed by atoms with van der Waals surface area (Å²) in [6, 6.07) is 1.14. The number of carbonyl (C=O) groups is 2. The largest absolute Gasteiger partial charge is 0.469 e. The monoisotopic (exact) mass is 788 g/mol. The van der Waals surface area contributed by atoms with Crippen LogP contribution in [0.2, 0.25) is 130 Å². The lowest BCUT2D eigenvalue weighted by molar-refractivity contribution is -0.140. The van der Waals surface area contributed by atoms with Crippen LogP contribution < -0.4 is 0 Å². The molecule has 0 radical (unpaired) electrons. The Morgan fingerprint density at radius 2 is 0.587 bits per heavy atom. The van der Waals surface area contributed by atoms with Crippen molar-refractivity contribution in [1.29, 1.82) is 0 Å². The Kier molecular flexibility index (Phi) is 18.0. The Labute approximate surface area is 290 Å². The average Bonchev–Trinajstić information content (AvgIpc) is 2.70. The molecule has 0 heterocycles. The van der Waals surface area contributed by atoms with Gasteiger partial charge < -0.3 is 34.2 Å². The molecular formula is C28H68O10Si8. The zero-order chi connectivity index (χ0) is 36.5. The van der Waals surface area contributed by atoms with Gasteiger partial charge in [0.25, 0.3) is 0 Å². The van der Waals surface area contributed by atoms with Crippen LogP contribution in [0.4, 0.5) is 0 Å². The first kappa shape index (κ1) is 46.2. The Balaban J connectivity index is 5.22. The number of esters is 2. The molecule has 0 aromatic rings. The summed E-state index contributed by atoms with van der Waals surface area (Å²) < 4.78 is 50.9. The molecule has 10 nitrogen and oxygen atoms in total. The van der Waals surface area contributed by atoms with E-state index in [1.165, 1.54) is 0 Å². The second-order valence-electron chi connectivity index (χ2n) is 17.5. The fourth-order valence-electron chi connectivity index (χ4n) is 4.39. The maximum atomic E-state index is 12.4. The lowest BCUT2D eigenvalue weighted by Crippen LogP contribution is -2.60. The smallest absolute Gasteiger partial charge is 0.463 e. The fraction of sp³-hybridized carbons (Fsp3) is 0.857. The molecule has 18 heteroatoms. The van der Waals surface area contributed by atoms with Gasteiger partial charge in [0.2, 0.25) is 0 Å². The first-order chi connectivity index (χ1) is 20.2. The molecule has 272 valence electrons. The van der Waals surface area contributed by atoms with Crippen molar-refractivity contribution in [3.63, 3.8) is 0 Å². The lowest BCUT2D eigenvalue weighted by atomic mass is 10.4. The van der Waals surface area contributed by atoms with E-state index in [2.05, 4.69) is 118 Å². The van der Waals surface area contributed by atoms with E-state index >= 15 is 0 Å². The highest BCUT2D eigenvalue weighted by atomic mass is 28.5. The normalized spacial score (nSPS) is 14.6. The van der Waals surface area contributed by atoms with Gasteiger partial charge in [-0.25, -0.2) is 9.59 Å². The van der Waals surface area contributed by atoms with Gasteiger partial charge in [0, 0.05) is 24.2 Å². The molecule has 0 unspecified atom stereocenters. The van der Waals surface area contributed by atoms with Crippen LogP contribution in [0.5, 0.6) is 0 Å². The first-order valence-electron chi connectivity index (χ1n) is 16.5. The molecule has 0 N–H and O–H groups in total. The molecule has 0 aliphatic heterocycles. The van der Waals surface area contributed by atoms with Gasteiger partial charge in [-0.3, -0.25) is 0 Å². The molecule has 0 aromatic heterocycles. The minimum Gasteiger partial charge on any atom is -0.463 e. The molecular weight excluding hydrogens is 721 g/mol. The average molecular weight is 790 g/mol. The number of rotatable bonds is 22. The maximum absolute atomic E-state index is 12.4. The van der Waals surface area contributed by atoms with Crippen LogP contribution in [-0.2, 0) is 43.8 Å². The molecule has 0 saturated carbocycles. The summed E-state index contributed by atoms with van der Waals surface area (Å²) in [4.78, 5) is 24.8.